The van der Waals surface area contributed by atoms with Gasteiger partial charge >= 0.3 is 0 Å². The third kappa shape index (κ3) is 4.39. The first-order chi connectivity index (χ1) is 13.3. The molecule has 0 amide bonds. The van der Waals surface area contributed by atoms with Crippen molar-refractivity contribution in [3.05, 3.63) is 78.4 Å². The summed E-state index contributed by atoms with van der Waals surface area (Å²) >= 11 is 0. The van der Waals surface area contributed by atoms with Gasteiger partial charge in [0, 0.05) is 42.8 Å². The van der Waals surface area contributed by atoms with Gasteiger partial charge in [0.15, 0.2) is 5.82 Å². The van der Waals surface area contributed by atoms with E-state index in [9.17, 15) is 0 Å². The highest BCUT2D eigenvalue weighted by Gasteiger charge is 2.09. The smallest absolute Gasteiger partial charge is 0.153 e. The lowest BCUT2D eigenvalue weighted by Gasteiger charge is -2.08. The molecule has 3 heterocycles. The van der Waals surface area contributed by atoms with E-state index in [0.717, 1.165) is 40.5 Å². The molecule has 0 aliphatic rings. The molecule has 144 valence electrons. The van der Waals surface area contributed by atoms with Gasteiger partial charge in [-0.3, -0.25) is 5.10 Å². The number of benzene rings is 1. The van der Waals surface area contributed by atoms with Crippen LogP contribution in [0.4, 0.5) is 0 Å². The molecule has 0 radical (unpaired) electrons. The summed E-state index contributed by atoms with van der Waals surface area (Å²) in [7, 11) is 1.67. The summed E-state index contributed by atoms with van der Waals surface area (Å²) in [6.45, 7) is 1.42. The topological polar surface area (TPSA) is 80.6 Å². The largest absolute Gasteiger partial charge is 0.497 e. The van der Waals surface area contributed by atoms with Crippen LogP contribution in [0.5, 0.6) is 5.75 Å². The van der Waals surface area contributed by atoms with Crippen molar-refractivity contribution in [2.45, 2.75) is 13.1 Å². The van der Waals surface area contributed by atoms with Gasteiger partial charge in [0.2, 0.25) is 0 Å². The van der Waals surface area contributed by atoms with Crippen molar-refractivity contribution in [3.63, 3.8) is 0 Å². The van der Waals surface area contributed by atoms with E-state index in [4.69, 9.17) is 4.74 Å². The number of hydrogen-bond acceptors (Lipinski definition) is 5. The van der Waals surface area contributed by atoms with Crippen molar-refractivity contribution in [2.75, 3.05) is 7.11 Å². The van der Waals surface area contributed by atoms with E-state index in [-0.39, 0.29) is 12.4 Å². The number of H-pyrrole nitrogens is 1. The predicted octanol–water partition coefficient (Wildman–Crippen LogP) is 3.38. The van der Waals surface area contributed by atoms with Crippen molar-refractivity contribution in [3.8, 4) is 22.8 Å². The summed E-state index contributed by atoms with van der Waals surface area (Å²) in [6.07, 6.45) is 7.27. The molecule has 0 atom stereocenters. The van der Waals surface area contributed by atoms with Crippen LogP contribution < -0.4 is 10.1 Å². The standard InChI is InChI=1S/C20H20N6O.ClH/c1-27-18-5-2-4-16(11-18)20-17(14-23-25-20)13-21-12-15-6-8-22-19(10-15)26-9-3-7-24-26;/h2-11,14,21H,12-13H2,1H3,(H,23,25);1H. The Hall–Kier alpha value is -3.16. The Morgan fingerprint density at radius 3 is 2.86 bits per heavy atom. The number of nitrogens with zero attached hydrogens (tertiary/aromatic N) is 4. The Labute approximate surface area is 169 Å². The zero-order valence-corrected chi connectivity index (χ0v) is 16.2. The van der Waals surface area contributed by atoms with Gasteiger partial charge in [0.1, 0.15) is 5.75 Å². The molecular formula is C20H21ClN6O. The van der Waals surface area contributed by atoms with Crippen LogP contribution >= 0.6 is 12.4 Å². The first-order valence-electron chi connectivity index (χ1n) is 8.66. The van der Waals surface area contributed by atoms with Gasteiger partial charge in [-0.2, -0.15) is 10.2 Å². The lowest BCUT2D eigenvalue weighted by atomic mass is 10.1. The zero-order chi connectivity index (χ0) is 18.5. The van der Waals surface area contributed by atoms with Crippen LogP contribution in [-0.4, -0.2) is 32.1 Å². The third-order valence-electron chi connectivity index (χ3n) is 4.27. The van der Waals surface area contributed by atoms with E-state index in [2.05, 4.69) is 25.6 Å². The van der Waals surface area contributed by atoms with E-state index < -0.39 is 0 Å². The second kappa shape index (κ2) is 9.16. The van der Waals surface area contributed by atoms with Crippen LogP contribution in [0.1, 0.15) is 11.1 Å². The monoisotopic (exact) mass is 396 g/mol. The van der Waals surface area contributed by atoms with Gasteiger partial charge in [-0.05, 0) is 35.9 Å². The minimum absolute atomic E-state index is 0. The van der Waals surface area contributed by atoms with E-state index in [1.165, 1.54) is 0 Å². The number of methoxy groups -OCH3 is 1. The average molecular weight is 397 g/mol. The summed E-state index contributed by atoms with van der Waals surface area (Å²) in [5.74, 6) is 1.63. The molecular weight excluding hydrogens is 376 g/mol. The Morgan fingerprint density at radius 2 is 2.04 bits per heavy atom. The van der Waals surface area contributed by atoms with Crippen molar-refractivity contribution in [1.29, 1.82) is 0 Å². The summed E-state index contributed by atoms with van der Waals surface area (Å²) in [4.78, 5) is 4.36. The second-order valence-electron chi connectivity index (χ2n) is 6.08. The molecule has 0 unspecified atom stereocenters. The van der Waals surface area contributed by atoms with Gasteiger partial charge in [0.25, 0.3) is 0 Å². The molecule has 0 aliphatic heterocycles. The van der Waals surface area contributed by atoms with E-state index in [1.807, 2.05) is 54.9 Å². The lowest BCUT2D eigenvalue weighted by molar-refractivity contribution is 0.415. The second-order valence-corrected chi connectivity index (χ2v) is 6.08. The Morgan fingerprint density at radius 1 is 1.11 bits per heavy atom. The molecule has 0 spiro atoms. The number of ether oxygens (including phenoxy) is 1. The Balaban J connectivity index is 0.00000225. The highest BCUT2D eigenvalue weighted by molar-refractivity contribution is 5.85. The van der Waals surface area contributed by atoms with Crippen molar-refractivity contribution in [1.82, 2.24) is 30.3 Å². The summed E-state index contributed by atoms with van der Waals surface area (Å²) < 4.78 is 7.06. The number of hydrogen-bond donors (Lipinski definition) is 2. The average Bonchev–Trinajstić information content (AvgIpc) is 3.40. The third-order valence-corrected chi connectivity index (χ3v) is 4.27. The van der Waals surface area contributed by atoms with Crippen molar-refractivity contribution >= 4 is 12.4 Å². The van der Waals surface area contributed by atoms with Gasteiger partial charge in [0.05, 0.1) is 19.0 Å². The van der Waals surface area contributed by atoms with Crippen LogP contribution in [0.15, 0.2) is 67.3 Å². The SMILES string of the molecule is COc1cccc(-c2[nH]ncc2CNCc2ccnc(-n3cccn3)c2)c1.Cl. The summed E-state index contributed by atoms with van der Waals surface area (Å²) in [5, 5.41) is 15.0. The number of nitrogens with one attached hydrogen (secondary N) is 2. The lowest BCUT2D eigenvalue weighted by Crippen LogP contribution is -2.13. The zero-order valence-electron chi connectivity index (χ0n) is 15.4. The fraction of sp³-hybridized carbons (Fsp3) is 0.150. The number of aromatic amines is 1. The van der Waals surface area contributed by atoms with E-state index in [1.54, 1.807) is 24.2 Å². The van der Waals surface area contributed by atoms with Gasteiger partial charge in [-0.25, -0.2) is 9.67 Å². The molecule has 0 saturated carbocycles. The summed E-state index contributed by atoms with van der Waals surface area (Å²) in [5.41, 5.74) is 4.29. The molecule has 0 aliphatic carbocycles. The molecule has 0 saturated heterocycles. The molecule has 8 heteroatoms. The Bertz CT molecular complexity index is 1010. The molecule has 7 nitrogen and oxygen atoms in total. The minimum atomic E-state index is 0. The first kappa shape index (κ1) is 19.6. The van der Waals surface area contributed by atoms with Gasteiger partial charge < -0.3 is 10.1 Å². The number of aromatic nitrogens is 5. The Kier molecular flexibility index (Phi) is 6.41. The quantitative estimate of drug-likeness (QED) is 0.500. The highest BCUT2D eigenvalue weighted by Crippen LogP contribution is 2.24. The minimum Gasteiger partial charge on any atom is -0.497 e. The van der Waals surface area contributed by atoms with E-state index >= 15 is 0 Å². The fourth-order valence-corrected chi connectivity index (χ4v) is 2.92. The molecule has 2 N–H and O–H groups in total. The number of rotatable bonds is 7. The van der Waals surface area contributed by atoms with Crippen LogP contribution in [-0.2, 0) is 13.1 Å². The predicted molar refractivity (Wildman–Crippen MR) is 110 cm³/mol. The van der Waals surface area contributed by atoms with Crippen LogP contribution in [0.25, 0.3) is 17.1 Å². The van der Waals surface area contributed by atoms with Gasteiger partial charge in [-0.1, -0.05) is 12.1 Å². The maximum absolute atomic E-state index is 5.31. The normalized spacial score (nSPS) is 10.5. The first-order valence-corrected chi connectivity index (χ1v) is 8.66. The van der Waals surface area contributed by atoms with Gasteiger partial charge in [-0.15, -0.1) is 12.4 Å². The molecule has 28 heavy (non-hydrogen) atoms. The fourth-order valence-electron chi connectivity index (χ4n) is 2.92. The van der Waals surface area contributed by atoms with Crippen molar-refractivity contribution < 1.29 is 4.74 Å². The van der Waals surface area contributed by atoms with Crippen molar-refractivity contribution in [2.24, 2.45) is 0 Å². The maximum Gasteiger partial charge on any atom is 0.153 e. The molecule has 4 rings (SSSR count). The van der Waals surface area contributed by atoms with E-state index in [0.29, 0.717) is 6.54 Å². The number of halogens is 1. The van der Waals surface area contributed by atoms with Crippen LogP contribution in [0.2, 0.25) is 0 Å². The van der Waals surface area contributed by atoms with Crippen LogP contribution in [0.3, 0.4) is 0 Å². The van der Waals surface area contributed by atoms with Crippen LogP contribution in [0, 0.1) is 0 Å². The molecule has 1 aromatic carbocycles. The molecule has 0 fully saturated rings. The molecule has 0 bridgehead atoms. The number of pyridine rings is 1. The molecule has 3 aromatic heterocycles. The highest BCUT2D eigenvalue weighted by atomic mass is 35.5. The maximum atomic E-state index is 5.31. The summed E-state index contributed by atoms with van der Waals surface area (Å²) in [6, 6.07) is 13.8. The molecule has 4 aromatic rings.